The van der Waals surface area contributed by atoms with Crippen LogP contribution in [0.15, 0.2) is 33.1 Å². The lowest BCUT2D eigenvalue weighted by atomic mass is 10.2. The van der Waals surface area contributed by atoms with Gasteiger partial charge >= 0.3 is 0 Å². The fourth-order valence-corrected chi connectivity index (χ4v) is 1.80. The molecule has 15 heavy (non-hydrogen) atoms. The van der Waals surface area contributed by atoms with E-state index in [1.165, 1.54) is 0 Å². The first-order valence-electron chi connectivity index (χ1n) is 4.61. The number of benzene rings is 1. The summed E-state index contributed by atoms with van der Waals surface area (Å²) in [6, 6.07) is 7.72. The maximum Gasteiger partial charge on any atom is 0.144 e. The van der Waals surface area contributed by atoms with Crippen molar-refractivity contribution in [2.45, 2.75) is 25.5 Å². The molecule has 82 valence electrons. The fraction of sp³-hybridized carbons (Fsp3) is 0.364. The molecule has 0 aromatic heterocycles. The highest BCUT2D eigenvalue weighted by molar-refractivity contribution is 9.10. The quantitative estimate of drug-likeness (QED) is 0.767. The van der Waals surface area contributed by atoms with Crippen LogP contribution in [0.3, 0.4) is 0 Å². The zero-order valence-electron chi connectivity index (χ0n) is 9.03. The highest BCUT2D eigenvalue weighted by atomic mass is 79.9. The summed E-state index contributed by atoms with van der Waals surface area (Å²) in [6.07, 6.45) is 1.64. The molecule has 1 aromatic rings. The van der Waals surface area contributed by atoms with Gasteiger partial charge in [-0.05, 0) is 38.5 Å². The molecule has 0 aliphatic heterocycles. The summed E-state index contributed by atoms with van der Waals surface area (Å²) in [5, 5.41) is 0. The van der Waals surface area contributed by atoms with E-state index in [2.05, 4.69) is 20.3 Å². The Hall–Kier alpha value is -0.480. The van der Waals surface area contributed by atoms with Crippen LogP contribution < -0.4 is 0 Å². The Morgan fingerprint density at radius 1 is 1.40 bits per heavy atom. The molecule has 1 atom stereocenters. The molecule has 0 saturated heterocycles. The maximum absolute atomic E-state index is 11.6. The first kappa shape index (κ1) is 12.6. The molecule has 0 fully saturated rings. The van der Waals surface area contributed by atoms with Crippen molar-refractivity contribution in [3.63, 3.8) is 0 Å². The molecule has 1 rings (SSSR count). The number of nitrogens with zero attached hydrogens (tertiary/aromatic N) is 1. The van der Waals surface area contributed by atoms with Crippen molar-refractivity contribution in [2.24, 2.45) is 4.40 Å². The standard InChI is InChI=1S/C11H14BrNOS/c1-11(2,3)15(14)13-8-9-5-4-6-10(12)7-9/h4-8H,1-3H3/t15-/m1/s1. The van der Waals surface area contributed by atoms with Crippen molar-refractivity contribution in [1.82, 2.24) is 0 Å². The Labute approximate surface area is 102 Å². The lowest BCUT2D eigenvalue weighted by Gasteiger charge is -2.12. The Kier molecular flexibility index (Phi) is 4.22. The summed E-state index contributed by atoms with van der Waals surface area (Å²) in [4.78, 5) is 0. The van der Waals surface area contributed by atoms with E-state index in [4.69, 9.17) is 0 Å². The van der Waals surface area contributed by atoms with E-state index in [1.54, 1.807) is 6.21 Å². The Morgan fingerprint density at radius 2 is 2.07 bits per heavy atom. The Bertz CT molecular complexity index is 396. The van der Waals surface area contributed by atoms with E-state index in [0.717, 1.165) is 10.0 Å². The average molecular weight is 288 g/mol. The van der Waals surface area contributed by atoms with Gasteiger partial charge in [-0.25, -0.2) is 4.21 Å². The van der Waals surface area contributed by atoms with E-state index >= 15 is 0 Å². The summed E-state index contributed by atoms with van der Waals surface area (Å²) in [7, 11) is -1.19. The number of hydrogen-bond acceptors (Lipinski definition) is 1. The van der Waals surface area contributed by atoms with Crippen LogP contribution in [-0.2, 0) is 11.0 Å². The fourth-order valence-electron chi connectivity index (χ4n) is 0.854. The molecule has 0 aliphatic carbocycles. The van der Waals surface area contributed by atoms with Gasteiger partial charge in [0.1, 0.15) is 11.0 Å². The molecule has 0 radical (unpaired) electrons. The highest BCUT2D eigenvalue weighted by Crippen LogP contribution is 2.13. The van der Waals surface area contributed by atoms with E-state index in [1.807, 2.05) is 45.0 Å². The van der Waals surface area contributed by atoms with Crippen LogP contribution in [0.4, 0.5) is 0 Å². The van der Waals surface area contributed by atoms with Gasteiger partial charge in [0.05, 0.1) is 4.75 Å². The normalized spacial score (nSPS) is 14.4. The van der Waals surface area contributed by atoms with Gasteiger partial charge in [0.25, 0.3) is 0 Å². The summed E-state index contributed by atoms with van der Waals surface area (Å²) < 4.78 is 16.3. The van der Waals surface area contributed by atoms with Crippen molar-refractivity contribution in [1.29, 1.82) is 0 Å². The van der Waals surface area contributed by atoms with Crippen LogP contribution in [0.2, 0.25) is 0 Å². The SMILES string of the molecule is CC(C)(C)[S@@](=O)N=Cc1cccc(Br)c1. The molecule has 0 amide bonds. The number of rotatable bonds is 2. The van der Waals surface area contributed by atoms with Crippen molar-refractivity contribution in [2.75, 3.05) is 0 Å². The molecule has 4 heteroatoms. The van der Waals surface area contributed by atoms with Gasteiger partial charge in [0.2, 0.25) is 0 Å². The van der Waals surface area contributed by atoms with Crippen molar-refractivity contribution in [3.8, 4) is 0 Å². The molecule has 2 nitrogen and oxygen atoms in total. The van der Waals surface area contributed by atoms with Crippen LogP contribution in [-0.4, -0.2) is 15.2 Å². The lowest BCUT2D eigenvalue weighted by molar-refractivity contribution is 0.651. The van der Waals surface area contributed by atoms with E-state index in [-0.39, 0.29) is 4.75 Å². The highest BCUT2D eigenvalue weighted by Gasteiger charge is 2.17. The van der Waals surface area contributed by atoms with Gasteiger partial charge in [0.15, 0.2) is 0 Å². The predicted octanol–water partition coefficient (Wildman–Crippen LogP) is 3.33. The zero-order chi connectivity index (χ0) is 11.5. The van der Waals surface area contributed by atoms with Gasteiger partial charge in [-0.1, -0.05) is 28.1 Å². The summed E-state index contributed by atoms with van der Waals surface area (Å²) in [6.45, 7) is 5.71. The van der Waals surface area contributed by atoms with Crippen molar-refractivity contribution >= 4 is 33.1 Å². The van der Waals surface area contributed by atoms with Gasteiger partial charge in [-0.2, -0.15) is 4.40 Å². The average Bonchev–Trinajstić information content (AvgIpc) is 2.12. The Morgan fingerprint density at radius 3 is 2.60 bits per heavy atom. The molecule has 1 aromatic carbocycles. The predicted molar refractivity (Wildman–Crippen MR) is 69.6 cm³/mol. The third-order valence-corrected chi connectivity index (χ3v) is 3.51. The lowest BCUT2D eigenvalue weighted by Crippen LogP contribution is -2.19. The molecular weight excluding hydrogens is 274 g/mol. The maximum atomic E-state index is 11.6. The van der Waals surface area contributed by atoms with Gasteiger partial charge in [-0.3, -0.25) is 0 Å². The second kappa shape index (κ2) is 5.03. The first-order valence-corrected chi connectivity index (χ1v) is 6.51. The third-order valence-electron chi connectivity index (χ3n) is 1.67. The minimum atomic E-state index is -1.19. The van der Waals surface area contributed by atoms with Crippen molar-refractivity contribution in [3.05, 3.63) is 34.3 Å². The van der Waals surface area contributed by atoms with Crippen LogP contribution in [0.25, 0.3) is 0 Å². The second-order valence-electron chi connectivity index (χ2n) is 4.15. The summed E-state index contributed by atoms with van der Waals surface area (Å²) in [5.41, 5.74) is 0.946. The minimum absolute atomic E-state index is 0.303. The van der Waals surface area contributed by atoms with Crippen LogP contribution >= 0.6 is 15.9 Å². The van der Waals surface area contributed by atoms with Gasteiger partial charge in [0, 0.05) is 10.7 Å². The molecule has 0 saturated carbocycles. The van der Waals surface area contributed by atoms with Gasteiger partial charge < -0.3 is 0 Å². The van der Waals surface area contributed by atoms with Crippen molar-refractivity contribution < 1.29 is 4.21 Å². The molecule has 0 unspecified atom stereocenters. The second-order valence-corrected chi connectivity index (χ2v) is 7.00. The molecular formula is C11H14BrNOS. The molecule has 0 bridgehead atoms. The smallest absolute Gasteiger partial charge is 0.144 e. The first-order chi connectivity index (χ1) is 6.89. The van der Waals surface area contributed by atoms with Crippen LogP contribution in [0.5, 0.6) is 0 Å². The van der Waals surface area contributed by atoms with Crippen LogP contribution in [0, 0.1) is 0 Å². The molecule has 0 spiro atoms. The summed E-state index contributed by atoms with van der Waals surface area (Å²) >= 11 is 3.37. The van der Waals surface area contributed by atoms with E-state index < -0.39 is 11.0 Å². The molecule has 0 N–H and O–H groups in total. The van der Waals surface area contributed by atoms with Gasteiger partial charge in [-0.15, -0.1) is 0 Å². The topological polar surface area (TPSA) is 29.4 Å². The third kappa shape index (κ3) is 4.26. The largest absolute Gasteiger partial charge is 0.234 e. The minimum Gasteiger partial charge on any atom is -0.234 e. The van der Waals surface area contributed by atoms with E-state index in [0.29, 0.717) is 0 Å². The van der Waals surface area contributed by atoms with Crippen LogP contribution in [0.1, 0.15) is 26.3 Å². The summed E-state index contributed by atoms with van der Waals surface area (Å²) in [5.74, 6) is 0. The van der Waals surface area contributed by atoms with E-state index in [9.17, 15) is 4.21 Å². The molecule has 0 aliphatic rings. The monoisotopic (exact) mass is 287 g/mol. The molecule has 0 heterocycles. The number of halogens is 1. The number of hydrogen-bond donors (Lipinski definition) is 0. The zero-order valence-corrected chi connectivity index (χ0v) is 11.4. The Balaban J connectivity index is 2.79.